The molecule has 12 atom stereocenters. The van der Waals surface area contributed by atoms with Crippen molar-refractivity contribution in [2.24, 2.45) is 16.9 Å². The van der Waals surface area contributed by atoms with Crippen molar-refractivity contribution in [3.05, 3.63) is 125 Å². The van der Waals surface area contributed by atoms with E-state index in [-0.39, 0.29) is 75.2 Å². The monoisotopic (exact) mass is 1580 g/mol. The number of carboxylic acid groups (broad SMARTS) is 1. The maximum absolute atomic E-state index is 15.0. The zero-order valence-corrected chi connectivity index (χ0v) is 65.1. The van der Waals surface area contributed by atoms with Crippen LogP contribution < -0.4 is 70.0 Å². The molecule has 0 saturated heterocycles. The Morgan fingerprint density at radius 1 is 0.586 bits per heavy atom. The van der Waals surface area contributed by atoms with Crippen molar-refractivity contribution in [2.75, 3.05) is 18.1 Å². The third kappa shape index (κ3) is 28.5. The summed E-state index contributed by atoms with van der Waals surface area (Å²) < 4.78 is 0. The molecule has 0 fully saturated rings. The number of aromatic nitrogens is 2. The van der Waals surface area contributed by atoms with Crippen LogP contribution in [0.25, 0.3) is 11.0 Å². The molecule has 1 aliphatic heterocycles. The van der Waals surface area contributed by atoms with Gasteiger partial charge >= 0.3 is 5.97 Å². The highest BCUT2D eigenvalue weighted by Gasteiger charge is 2.41. The Balaban J connectivity index is 1.39. The number of primary amides is 1. The van der Waals surface area contributed by atoms with Crippen LogP contribution in [0.5, 0.6) is 11.5 Å². The number of phenols is 2. The standard InChI is InChI=1S/C76H105N15O18S2/c1-9-14-51-65(100)83-53(27-28-59(97)98)66(101)84-55(35-44-21-25-49(95)26-22-44)70(105)91-76(7,8)74(109)90-61(42(3)93)72(107)87-57(63(78)99)40-111-39-46-16-12-15-45(33-46)38-110-32-29-58(96)88-62(75(4,5)6)73(108)86-54(34-43-19-23-48(94)24-20-43)68(103)82-52(18-10-11-30-77)67(102)89-60(41(2)92)71(106)85-56(69(104)81-51)36-47-37-80-64-50(47)17-13-31-79-64/h12-13,15-17,19-26,31,33,37,41-42,51-57,60-62,92-95H,9-11,14,18,27-30,32,34-36,38-40,77H2,1-8H3,(H2,78,99)(H,79,80)(H,81,104)(H,82,103)(H,83,100)(H,84,101)(H,85,106)(H,86,108)(H,87,107)(H,88,96)(H,89,102)(H,90,109)(H,91,105)(H,97,98)/t41-,42-,51+,52+,53+,54+,55+,56+,57+,60+,61+,62-/m1/s1. The summed E-state index contributed by atoms with van der Waals surface area (Å²) in [6.07, 6.45) is -1.97. The van der Waals surface area contributed by atoms with Crippen LogP contribution in [0.2, 0.25) is 0 Å². The number of carboxylic acids is 1. The van der Waals surface area contributed by atoms with Crippen molar-refractivity contribution in [3.8, 4) is 11.5 Å². The zero-order chi connectivity index (χ0) is 81.9. The molecule has 33 nitrogen and oxygen atoms in total. The highest BCUT2D eigenvalue weighted by molar-refractivity contribution is 7.98. The van der Waals surface area contributed by atoms with E-state index >= 15 is 0 Å². The second-order valence-corrected chi connectivity index (χ2v) is 31.2. The highest BCUT2D eigenvalue weighted by Crippen LogP contribution is 2.24. The summed E-state index contributed by atoms with van der Waals surface area (Å²) in [5.41, 5.74) is 12.0. The van der Waals surface area contributed by atoms with Gasteiger partial charge in [0.1, 0.15) is 83.1 Å². The van der Waals surface area contributed by atoms with Gasteiger partial charge in [0.05, 0.1) is 12.2 Å². The third-order valence-corrected chi connectivity index (χ3v) is 20.3. The number of hydrogen-bond donors (Lipinski definition) is 19. The number of nitrogens with one attached hydrogen (secondary N) is 12. The summed E-state index contributed by atoms with van der Waals surface area (Å²) in [5.74, 6) is -12.1. The number of hydrogen-bond acceptors (Lipinski definition) is 21. The van der Waals surface area contributed by atoms with E-state index in [1.165, 1.54) is 112 Å². The Kier molecular flexibility index (Phi) is 34.5. The van der Waals surface area contributed by atoms with E-state index < -0.39 is 173 Å². The van der Waals surface area contributed by atoms with E-state index in [4.69, 9.17) is 11.5 Å². The second-order valence-electron chi connectivity index (χ2n) is 29.0. The SMILES string of the molecule is CCC[C@@H]1NC(=O)[C@H](Cc2c[nH]c3ncccc23)NC(=O)[C@H]([C@@H](C)O)NC(=O)[C@H](CCCCN)NC(=O)[C@H](Cc2ccc(O)cc2)NC(=O)[C@H](C(C)(C)C)NC(=O)CCSCc2cccc(c2)CSC[C@@H](C(N)=O)NC(=O)[C@H]([C@@H](C)O)NC(=O)C(C)(C)NC(=O)[C@H](Cc2ccc(O)cc2)NC(=O)[C@H](CCC(=O)O)NC1=O. The van der Waals surface area contributed by atoms with Crippen LogP contribution in [-0.2, 0) is 93.1 Å². The predicted molar refractivity (Wildman–Crippen MR) is 415 cm³/mol. The molecule has 0 saturated carbocycles. The first-order chi connectivity index (χ1) is 52.5. The number of unbranched alkanes of at least 4 members (excludes halogenated alkanes) is 1. The molecule has 2 aromatic heterocycles. The number of carbonyl (C=O) groups excluding carboxylic acids is 12. The lowest BCUT2D eigenvalue weighted by molar-refractivity contribution is -0.139. The number of aromatic hydroxyl groups is 2. The van der Waals surface area contributed by atoms with E-state index in [2.05, 4.69) is 68.5 Å². The maximum Gasteiger partial charge on any atom is 0.303 e. The zero-order valence-electron chi connectivity index (χ0n) is 63.4. The van der Waals surface area contributed by atoms with Crippen LogP contribution in [-0.4, -0.2) is 209 Å². The van der Waals surface area contributed by atoms with Crippen molar-refractivity contribution in [3.63, 3.8) is 0 Å². The number of amides is 12. The van der Waals surface area contributed by atoms with Gasteiger partial charge in [-0.1, -0.05) is 82.6 Å². The molecular weight excluding hydrogens is 1480 g/mol. The summed E-state index contributed by atoms with van der Waals surface area (Å²) in [5, 5.41) is 81.7. The van der Waals surface area contributed by atoms with Crippen molar-refractivity contribution >= 4 is 111 Å². The van der Waals surface area contributed by atoms with Crippen LogP contribution in [0.4, 0.5) is 0 Å². The fraction of sp³-hybridized carbons (Fsp3) is 0.500. The Hall–Kier alpha value is -10.4. The lowest BCUT2D eigenvalue weighted by atomic mass is 9.85. The minimum atomic E-state index is -1.98. The van der Waals surface area contributed by atoms with Crippen LogP contribution in [0.1, 0.15) is 135 Å². The lowest BCUT2D eigenvalue weighted by Gasteiger charge is -2.32. The molecule has 0 spiro atoms. The number of carbonyl (C=O) groups is 13. The Labute approximate surface area is 651 Å². The molecule has 1 aliphatic rings. The highest BCUT2D eigenvalue weighted by atomic mass is 32.2. The van der Waals surface area contributed by atoms with Gasteiger partial charge in [-0.05, 0) is 136 Å². The smallest absolute Gasteiger partial charge is 0.303 e. The molecule has 3 heterocycles. The molecule has 12 amide bonds. The molecule has 5 aromatic rings. The minimum Gasteiger partial charge on any atom is -0.508 e. The van der Waals surface area contributed by atoms with E-state index in [1.54, 1.807) is 39.8 Å². The first-order valence-corrected chi connectivity index (χ1v) is 38.9. The van der Waals surface area contributed by atoms with Crippen LogP contribution in [0.15, 0.2) is 97.3 Å². The molecule has 0 aliphatic carbocycles. The average Bonchev–Trinajstić information content (AvgIpc) is 1.73. The van der Waals surface area contributed by atoms with Gasteiger partial charge in [0.2, 0.25) is 70.9 Å². The third-order valence-electron chi connectivity index (χ3n) is 18.2. The molecule has 604 valence electrons. The van der Waals surface area contributed by atoms with E-state index in [0.29, 0.717) is 51.4 Å². The number of fused-ring (bicyclic) bond motifs is 3. The number of pyridine rings is 1. The number of aromatic amines is 1. The Morgan fingerprint density at radius 3 is 1.63 bits per heavy atom. The van der Waals surface area contributed by atoms with E-state index in [0.717, 1.165) is 11.1 Å². The first kappa shape index (κ1) is 89.5. The van der Waals surface area contributed by atoms with Gasteiger partial charge in [-0.25, -0.2) is 4.98 Å². The van der Waals surface area contributed by atoms with Gasteiger partial charge in [-0.3, -0.25) is 62.3 Å². The predicted octanol–water partition coefficient (Wildman–Crippen LogP) is 0.402. The molecular formula is C76H105N15O18S2. The van der Waals surface area contributed by atoms with Crippen LogP contribution in [0.3, 0.4) is 0 Å². The van der Waals surface area contributed by atoms with Crippen molar-refractivity contribution < 1.29 is 87.9 Å². The van der Waals surface area contributed by atoms with Crippen molar-refractivity contribution in [1.29, 1.82) is 0 Å². The molecule has 21 N–H and O–H groups in total. The van der Waals surface area contributed by atoms with Gasteiger partial charge in [-0.15, -0.1) is 0 Å². The fourth-order valence-electron chi connectivity index (χ4n) is 11.9. The average molecular weight is 1580 g/mol. The first-order valence-electron chi connectivity index (χ1n) is 36.6. The largest absolute Gasteiger partial charge is 0.508 e. The second kappa shape index (κ2) is 42.7. The van der Waals surface area contributed by atoms with Crippen LogP contribution >= 0.6 is 23.5 Å². The van der Waals surface area contributed by atoms with Gasteiger partial charge in [-0.2, -0.15) is 23.5 Å². The number of aliphatic hydroxyl groups excluding tert-OH is 2. The molecule has 0 unspecified atom stereocenters. The number of benzene rings is 3. The molecule has 111 heavy (non-hydrogen) atoms. The van der Waals surface area contributed by atoms with E-state index in [1.807, 2.05) is 24.3 Å². The quantitative estimate of drug-likeness (QED) is 0.0528. The molecule has 35 heteroatoms. The lowest BCUT2D eigenvalue weighted by Crippen LogP contribution is -2.64. The van der Waals surface area contributed by atoms with Crippen LogP contribution in [0, 0.1) is 5.41 Å². The summed E-state index contributed by atoms with van der Waals surface area (Å²) in [4.78, 5) is 192. The number of rotatable bonds is 18. The van der Waals surface area contributed by atoms with E-state index in [9.17, 15) is 87.9 Å². The van der Waals surface area contributed by atoms with Crippen molar-refractivity contribution in [1.82, 2.24) is 68.5 Å². The van der Waals surface area contributed by atoms with Gasteiger partial charge in [0.25, 0.3) is 0 Å². The fourth-order valence-corrected chi connectivity index (χ4v) is 13.8. The number of phenolic OH excluding ortho intramolecular Hbond substituents is 2. The summed E-state index contributed by atoms with van der Waals surface area (Å²) in [6.45, 7) is 11.9. The maximum atomic E-state index is 15.0. The van der Waals surface area contributed by atoms with Gasteiger partial charge < -0.3 is 100 Å². The molecule has 2 bridgehead atoms. The molecule has 0 radical (unpaired) electrons. The summed E-state index contributed by atoms with van der Waals surface area (Å²) >= 11 is 2.67. The Morgan fingerprint density at radius 2 is 1.08 bits per heavy atom. The number of aliphatic carboxylic acids is 1. The number of H-pyrrole nitrogens is 1. The summed E-state index contributed by atoms with van der Waals surface area (Å²) in [6, 6.07) is 6.27. The number of aliphatic hydroxyl groups is 2. The number of nitrogens with two attached hydrogens (primary N) is 2. The minimum absolute atomic E-state index is 0.0337. The number of thioether (sulfide) groups is 2. The molecule has 3 aromatic carbocycles. The summed E-state index contributed by atoms with van der Waals surface area (Å²) in [7, 11) is 0. The van der Waals surface area contributed by atoms with Crippen molar-refractivity contribution in [2.45, 2.75) is 216 Å². The van der Waals surface area contributed by atoms with Gasteiger partial charge in [0, 0.05) is 72.9 Å². The topological polar surface area (TPSA) is 536 Å². The van der Waals surface area contributed by atoms with Gasteiger partial charge in [0.15, 0.2) is 0 Å². The molecule has 6 rings (SSSR count). The number of nitrogens with zero attached hydrogens (tertiary/aromatic N) is 1. The Bertz CT molecular complexity index is 4060. The normalized spacial score (nSPS) is 23.5.